The average molecular weight is 422 g/mol. The van der Waals surface area contributed by atoms with Crippen LogP contribution < -0.4 is 4.90 Å². The highest BCUT2D eigenvalue weighted by Gasteiger charge is 2.24. The van der Waals surface area contributed by atoms with Gasteiger partial charge in [0, 0.05) is 61.6 Å². The number of pyridine rings is 1. The minimum absolute atomic E-state index is 0.0871. The van der Waals surface area contributed by atoms with Crippen LogP contribution in [0.25, 0.3) is 11.4 Å². The summed E-state index contributed by atoms with van der Waals surface area (Å²) >= 11 is 0. The maximum Gasteiger partial charge on any atom is 0.270 e. The Labute approximate surface area is 178 Å². The van der Waals surface area contributed by atoms with E-state index in [0.29, 0.717) is 43.5 Å². The van der Waals surface area contributed by atoms with Gasteiger partial charge in [0.1, 0.15) is 5.82 Å². The van der Waals surface area contributed by atoms with Gasteiger partial charge in [-0.2, -0.15) is 4.98 Å². The van der Waals surface area contributed by atoms with Crippen LogP contribution in [-0.4, -0.2) is 57.0 Å². The Balaban J connectivity index is 1.39. The van der Waals surface area contributed by atoms with Crippen molar-refractivity contribution in [3.8, 4) is 11.4 Å². The molecule has 0 N–H and O–H groups in total. The van der Waals surface area contributed by atoms with E-state index in [9.17, 15) is 14.9 Å². The summed E-state index contributed by atoms with van der Waals surface area (Å²) in [5.74, 6) is 1.86. The smallest absolute Gasteiger partial charge is 0.270 e. The van der Waals surface area contributed by atoms with E-state index in [2.05, 4.69) is 20.0 Å². The average Bonchev–Trinajstić information content (AvgIpc) is 3.30. The molecule has 10 heteroatoms. The number of nitro benzene ring substituents is 1. The van der Waals surface area contributed by atoms with Crippen LogP contribution in [0.15, 0.2) is 47.1 Å². The second kappa shape index (κ2) is 8.50. The zero-order valence-electron chi connectivity index (χ0n) is 17.3. The lowest BCUT2D eigenvalue weighted by Gasteiger charge is -2.35. The molecule has 0 spiro atoms. The summed E-state index contributed by atoms with van der Waals surface area (Å²) in [5.41, 5.74) is 1.01. The van der Waals surface area contributed by atoms with E-state index in [1.165, 1.54) is 18.2 Å². The highest BCUT2D eigenvalue weighted by molar-refractivity contribution is 5.95. The molecular formula is C21H22N6O4. The van der Waals surface area contributed by atoms with Crippen LogP contribution in [0.1, 0.15) is 36.0 Å². The molecule has 1 aliphatic rings. The number of aromatic nitrogens is 3. The topological polar surface area (TPSA) is 118 Å². The van der Waals surface area contributed by atoms with E-state index in [0.717, 1.165) is 11.4 Å². The van der Waals surface area contributed by atoms with Crippen LogP contribution in [0.3, 0.4) is 0 Å². The molecule has 1 aromatic carbocycles. The number of carbonyl (C=O) groups excluding carboxylic acids is 1. The summed E-state index contributed by atoms with van der Waals surface area (Å²) < 4.78 is 5.24. The SMILES string of the molecule is CC(C)c1nc(-c2ccc(N3CCN(C(=O)c4cccc([N+](=O)[O-])c4)CC3)nc2)no1. The number of hydrogen-bond donors (Lipinski definition) is 0. The summed E-state index contributed by atoms with van der Waals surface area (Å²) in [4.78, 5) is 35.9. The molecule has 1 fully saturated rings. The van der Waals surface area contributed by atoms with Gasteiger partial charge in [0.2, 0.25) is 11.7 Å². The molecule has 0 atom stereocenters. The molecule has 1 aliphatic heterocycles. The Morgan fingerprint density at radius 2 is 1.94 bits per heavy atom. The van der Waals surface area contributed by atoms with Gasteiger partial charge in [0.05, 0.1) is 4.92 Å². The van der Waals surface area contributed by atoms with E-state index in [-0.39, 0.29) is 17.5 Å². The third-order valence-corrected chi connectivity index (χ3v) is 5.14. The zero-order chi connectivity index (χ0) is 22.0. The number of non-ortho nitro benzene ring substituents is 1. The van der Waals surface area contributed by atoms with Crippen molar-refractivity contribution >= 4 is 17.4 Å². The molecule has 1 saturated heterocycles. The number of nitrogens with zero attached hydrogens (tertiary/aromatic N) is 6. The Hall–Kier alpha value is -3.82. The van der Waals surface area contributed by atoms with Crippen LogP contribution in [0, 0.1) is 10.1 Å². The number of hydrogen-bond acceptors (Lipinski definition) is 8. The minimum atomic E-state index is -0.498. The predicted octanol–water partition coefficient (Wildman–Crippen LogP) is 3.13. The maximum atomic E-state index is 12.7. The van der Waals surface area contributed by atoms with Crippen molar-refractivity contribution in [2.75, 3.05) is 31.1 Å². The maximum absolute atomic E-state index is 12.7. The number of rotatable bonds is 5. The van der Waals surface area contributed by atoms with Crippen LogP contribution in [0.2, 0.25) is 0 Å². The standard InChI is InChI=1S/C21H22N6O4/c1-14(2)20-23-19(24-31-20)16-6-7-18(22-13-16)25-8-10-26(11-9-25)21(28)15-4-3-5-17(12-15)27(29)30/h3-7,12-14H,8-11H2,1-2H3. The van der Waals surface area contributed by atoms with E-state index < -0.39 is 4.92 Å². The van der Waals surface area contributed by atoms with Gasteiger partial charge in [-0.05, 0) is 18.2 Å². The van der Waals surface area contributed by atoms with Crippen molar-refractivity contribution in [2.45, 2.75) is 19.8 Å². The van der Waals surface area contributed by atoms with E-state index in [1.807, 2.05) is 26.0 Å². The molecule has 160 valence electrons. The Kier molecular flexibility index (Phi) is 5.61. The minimum Gasteiger partial charge on any atom is -0.353 e. The van der Waals surface area contributed by atoms with E-state index >= 15 is 0 Å². The largest absolute Gasteiger partial charge is 0.353 e. The molecule has 0 radical (unpaired) electrons. The van der Waals surface area contributed by atoms with Crippen LogP contribution in [-0.2, 0) is 0 Å². The molecule has 3 heterocycles. The fourth-order valence-electron chi connectivity index (χ4n) is 3.37. The Morgan fingerprint density at radius 1 is 1.16 bits per heavy atom. The molecule has 3 aromatic rings. The molecule has 31 heavy (non-hydrogen) atoms. The van der Waals surface area contributed by atoms with Crippen LogP contribution >= 0.6 is 0 Å². The Morgan fingerprint density at radius 3 is 2.55 bits per heavy atom. The van der Waals surface area contributed by atoms with Gasteiger partial charge in [0.15, 0.2) is 0 Å². The summed E-state index contributed by atoms with van der Waals surface area (Å²) in [7, 11) is 0. The van der Waals surface area contributed by atoms with Gasteiger partial charge >= 0.3 is 0 Å². The number of nitro groups is 1. The molecule has 2 aromatic heterocycles. The number of carbonyl (C=O) groups is 1. The molecule has 0 bridgehead atoms. The van der Waals surface area contributed by atoms with E-state index in [1.54, 1.807) is 17.2 Å². The number of piperazine rings is 1. The lowest BCUT2D eigenvalue weighted by atomic mass is 10.1. The van der Waals surface area contributed by atoms with Crippen LogP contribution in [0.5, 0.6) is 0 Å². The van der Waals surface area contributed by atoms with Crippen molar-refractivity contribution in [2.24, 2.45) is 0 Å². The molecular weight excluding hydrogens is 400 g/mol. The fourth-order valence-corrected chi connectivity index (χ4v) is 3.37. The van der Waals surface area contributed by atoms with Gasteiger partial charge in [-0.15, -0.1) is 0 Å². The van der Waals surface area contributed by atoms with Crippen molar-refractivity contribution in [1.82, 2.24) is 20.0 Å². The van der Waals surface area contributed by atoms with Gasteiger partial charge in [-0.1, -0.05) is 25.1 Å². The van der Waals surface area contributed by atoms with Crippen LogP contribution in [0.4, 0.5) is 11.5 Å². The first-order chi connectivity index (χ1) is 14.9. The molecule has 10 nitrogen and oxygen atoms in total. The van der Waals surface area contributed by atoms with Gasteiger partial charge in [-0.3, -0.25) is 14.9 Å². The van der Waals surface area contributed by atoms with Gasteiger partial charge < -0.3 is 14.3 Å². The first-order valence-electron chi connectivity index (χ1n) is 10.0. The molecule has 0 unspecified atom stereocenters. The summed E-state index contributed by atoms with van der Waals surface area (Å²) in [6, 6.07) is 9.63. The van der Waals surface area contributed by atoms with Crippen molar-refractivity contribution in [1.29, 1.82) is 0 Å². The number of amides is 1. The fraction of sp³-hybridized carbons (Fsp3) is 0.333. The summed E-state index contributed by atoms with van der Waals surface area (Å²) in [5, 5.41) is 15.0. The van der Waals surface area contributed by atoms with Crippen molar-refractivity contribution < 1.29 is 14.2 Å². The van der Waals surface area contributed by atoms with Crippen molar-refractivity contribution in [3.05, 3.63) is 64.2 Å². The highest BCUT2D eigenvalue weighted by atomic mass is 16.6. The van der Waals surface area contributed by atoms with E-state index in [4.69, 9.17) is 4.52 Å². The zero-order valence-corrected chi connectivity index (χ0v) is 17.3. The number of benzene rings is 1. The highest BCUT2D eigenvalue weighted by Crippen LogP contribution is 2.22. The molecule has 0 saturated carbocycles. The molecule has 0 aliphatic carbocycles. The third kappa shape index (κ3) is 4.37. The lowest BCUT2D eigenvalue weighted by molar-refractivity contribution is -0.384. The first kappa shape index (κ1) is 20.5. The number of anilines is 1. The second-order valence-electron chi connectivity index (χ2n) is 7.60. The van der Waals surface area contributed by atoms with Gasteiger partial charge in [0.25, 0.3) is 11.6 Å². The normalized spacial score (nSPS) is 14.2. The Bertz CT molecular complexity index is 1090. The summed E-state index contributed by atoms with van der Waals surface area (Å²) in [6.07, 6.45) is 1.71. The quantitative estimate of drug-likeness (QED) is 0.454. The lowest BCUT2D eigenvalue weighted by Crippen LogP contribution is -2.49. The first-order valence-corrected chi connectivity index (χ1v) is 10.0. The molecule has 1 amide bonds. The van der Waals surface area contributed by atoms with Crippen molar-refractivity contribution in [3.63, 3.8) is 0 Å². The molecule has 4 rings (SSSR count). The predicted molar refractivity (Wildman–Crippen MR) is 113 cm³/mol. The second-order valence-corrected chi connectivity index (χ2v) is 7.60. The monoisotopic (exact) mass is 422 g/mol. The third-order valence-electron chi connectivity index (χ3n) is 5.14. The summed E-state index contributed by atoms with van der Waals surface area (Å²) in [6.45, 7) is 6.23. The van der Waals surface area contributed by atoms with Gasteiger partial charge in [-0.25, -0.2) is 4.98 Å².